The van der Waals surface area contributed by atoms with Crippen molar-refractivity contribution in [3.63, 3.8) is 0 Å². The summed E-state index contributed by atoms with van der Waals surface area (Å²) >= 11 is 0. The van der Waals surface area contributed by atoms with Crippen molar-refractivity contribution in [1.82, 2.24) is 5.43 Å². The summed E-state index contributed by atoms with van der Waals surface area (Å²) in [6.07, 6.45) is 0. The zero-order valence-corrected chi connectivity index (χ0v) is 11.1. The molecule has 3 nitrogen and oxygen atoms in total. The smallest absolute Gasteiger partial charge is 0.131 e. The Morgan fingerprint density at radius 2 is 1.75 bits per heavy atom. The van der Waals surface area contributed by atoms with Gasteiger partial charge in [0.1, 0.15) is 17.4 Å². The van der Waals surface area contributed by atoms with Gasteiger partial charge in [-0.15, -0.1) is 0 Å². The topological polar surface area (TPSA) is 47.3 Å². The molecule has 0 saturated carbocycles. The van der Waals surface area contributed by atoms with Crippen LogP contribution in [0.2, 0.25) is 0 Å². The number of hydrazine groups is 1. The normalized spacial score (nSPS) is 12.2. The predicted molar refractivity (Wildman–Crippen MR) is 73.1 cm³/mol. The summed E-state index contributed by atoms with van der Waals surface area (Å²) in [5.41, 5.74) is 2.92. The summed E-state index contributed by atoms with van der Waals surface area (Å²) in [4.78, 5) is 0. The van der Waals surface area contributed by atoms with E-state index in [1.807, 2.05) is 6.92 Å². The maximum Gasteiger partial charge on any atom is 0.131 e. The monoisotopic (exact) mass is 278 g/mol. The minimum absolute atomic E-state index is 0.123. The molecule has 0 aliphatic carbocycles. The van der Waals surface area contributed by atoms with Crippen molar-refractivity contribution >= 4 is 0 Å². The number of ether oxygens (including phenoxy) is 1. The maximum absolute atomic E-state index is 13.9. The number of benzene rings is 2. The van der Waals surface area contributed by atoms with Gasteiger partial charge in [-0.1, -0.05) is 24.3 Å². The van der Waals surface area contributed by atoms with Crippen LogP contribution in [0, 0.1) is 11.6 Å². The van der Waals surface area contributed by atoms with E-state index in [9.17, 15) is 8.78 Å². The van der Waals surface area contributed by atoms with Gasteiger partial charge >= 0.3 is 0 Å². The molecule has 0 aromatic heterocycles. The predicted octanol–water partition coefficient (Wildman–Crippen LogP) is 2.92. The van der Waals surface area contributed by atoms with Crippen molar-refractivity contribution in [1.29, 1.82) is 0 Å². The summed E-state index contributed by atoms with van der Waals surface area (Å²) in [7, 11) is 0. The molecule has 20 heavy (non-hydrogen) atoms. The third kappa shape index (κ3) is 2.79. The SMILES string of the molecule is CCOc1ccccc1C(NN)c1c(F)cccc1F. The lowest BCUT2D eigenvalue weighted by atomic mass is 9.97. The number of halogens is 2. The van der Waals surface area contributed by atoms with Gasteiger partial charge in [-0.05, 0) is 25.1 Å². The van der Waals surface area contributed by atoms with Crippen molar-refractivity contribution in [2.75, 3.05) is 6.61 Å². The standard InChI is InChI=1S/C15H16F2N2O/c1-2-20-13-9-4-3-6-10(13)15(19-18)14-11(16)7-5-8-12(14)17/h3-9,15,19H,2,18H2,1H3. The number of rotatable bonds is 5. The molecule has 2 aromatic rings. The number of para-hydroxylation sites is 1. The van der Waals surface area contributed by atoms with Gasteiger partial charge in [-0.2, -0.15) is 0 Å². The molecule has 0 amide bonds. The summed E-state index contributed by atoms with van der Waals surface area (Å²) in [6.45, 7) is 2.29. The van der Waals surface area contributed by atoms with E-state index in [-0.39, 0.29) is 5.56 Å². The van der Waals surface area contributed by atoms with E-state index >= 15 is 0 Å². The third-order valence-electron chi connectivity index (χ3n) is 2.98. The average Bonchev–Trinajstić information content (AvgIpc) is 2.44. The first-order valence-corrected chi connectivity index (χ1v) is 6.30. The van der Waals surface area contributed by atoms with E-state index in [1.54, 1.807) is 24.3 Å². The number of nitrogens with two attached hydrogens (primary N) is 1. The molecule has 0 radical (unpaired) electrons. The van der Waals surface area contributed by atoms with Crippen LogP contribution < -0.4 is 16.0 Å². The Kier molecular flexibility index (Phi) is 4.65. The van der Waals surface area contributed by atoms with Crippen LogP contribution >= 0.6 is 0 Å². The molecule has 3 N–H and O–H groups in total. The van der Waals surface area contributed by atoms with E-state index in [2.05, 4.69) is 5.43 Å². The fourth-order valence-electron chi connectivity index (χ4n) is 2.12. The molecule has 0 aliphatic rings. The van der Waals surface area contributed by atoms with E-state index in [4.69, 9.17) is 10.6 Å². The first-order valence-electron chi connectivity index (χ1n) is 6.30. The van der Waals surface area contributed by atoms with Gasteiger partial charge in [0.2, 0.25) is 0 Å². The van der Waals surface area contributed by atoms with E-state index in [0.717, 1.165) is 0 Å². The second-order valence-corrected chi connectivity index (χ2v) is 4.21. The quantitative estimate of drug-likeness (QED) is 0.653. The van der Waals surface area contributed by atoms with Gasteiger partial charge in [0.15, 0.2) is 0 Å². The van der Waals surface area contributed by atoms with Crippen molar-refractivity contribution < 1.29 is 13.5 Å². The minimum Gasteiger partial charge on any atom is -0.494 e. The Morgan fingerprint density at radius 3 is 2.35 bits per heavy atom. The lowest BCUT2D eigenvalue weighted by Crippen LogP contribution is -2.30. The maximum atomic E-state index is 13.9. The van der Waals surface area contributed by atoms with Crippen LogP contribution in [0.25, 0.3) is 0 Å². The molecular weight excluding hydrogens is 262 g/mol. The molecule has 5 heteroatoms. The Morgan fingerprint density at radius 1 is 1.10 bits per heavy atom. The number of hydrogen-bond donors (Lipinski definition) is 2. The van der Waals surface area contributed by atoms with Gasteiger partial charge in [0.05, 0.1) is 12.6 Å². The van der Waals surface area contributed by atoms with Crippen molar-refractivity contribution in [3.05, 3.63) is 65.2 Å². The van der Waals surface area contributed by atoms with Crippen LogP contribution in [0.5, 0.6) is 5.75 Å². The fraction of sp³-hybridized carbons (Fsp3) is 0.200. The molecule has 1 atom stereocenters. The van der Waals surface area contributed by atoms with Gasteiger partial charge in [-0.25, -0.2) is 14.2 Å². The second-order valence-electron chi connectivity index (χ2n) is 4.21. The first-order chi connectivity index (χ1) is 9.69. The number of nitrogens with one attached hydrogen (secondary N) is 1. The number of hydrogen-bond acceptors (Lipinski definition) is 3. The molecular formula is C15H16F2N2O. The molecule has 0 spiro atoms. The second kappa shape index (κ2) is 6.45. The summed E-state index contributed by atoms with van der Waals surface area (Å²) in [6, 6.07) is 9.91. The van der Waals surface area contributed by atoms with Crippen molar-refractivity contribution in [2.45, 2.75) is 13.0 Å². The molecule has 0 aliphatic heterocycles. The molecule has 0 heterocycles. The molecule has 2 rings (SSSR count). The Bertz CT molecular complexity index is 570. The zero-order chi connectivity index (χ0) is 14.5. The van der Waals surface area contributed by atoms with Gasteiger partial charge < -0.3 is 4.74 Å². The lowest BCUT2D eigenvalue weighted by molar-refractivity contribution is 0.332. The van der Waals surface area contributed by atoms with Crippen LogP contribution in [-0.4, -0.2) is 6.61 Å². The van der Waals surface area contributed by atoms with Crippen LogP contribution in [0.4, 0.5) is 8.78 Å². The highest BCUT2D eigenvalue weighted by molar-refractivity contribution is 5.42. The molecule has 2 aromatic carbocycles. The van der Waals surface area contributed by atoms with Crippen LogP contribution in [-0.2, 0) is 0 Å². The van der Waals surface area contributed by atoms with E-state index in [1.165, 1.54) is 18.2 Å². The summed E-state index contributed by atoms with van der Waals surface area (Å²) < 4.78 is 33.3. The lowest BCUT2D eigenvalue weighted by Gasteiger charge is -2.21. The third-order valence-corrected chi connectivity index (χ3v) is 2.98. The van der Waals surface area contributed by atoms with Crippen LogP contribution in [0.3, 0.4) is 0 Å². The minimum atomic E-state index is -0.820. The molecule has 0 bridgehead atoms. The Labute approximate surface area is 116 Å². The van der Waals surface area contributed by atoms with Crippen molar-refractivity contribution in [2.24, 2.45) is 5.84 Å². The van der Waals surface area contributed by atoms with E-state index < -0.39 is 17.7 Å². The largest absolute Gasteiger partial charge is 0.494 e. The molecule has 106 valence electrons. The Hall–Kier alpha value is -1.98. The molecule has 0 saturated heterocycles. The van der Waals surface area contributed by atoms with E-state index in [0.29, 0.717) is 17.9 Å². The van der Waals surface area contributed by atoms with Crippen LogP contribution in [0.15, 0.2) is 42.5 Å². The highest BCUT2D eigenvalue weighted by Gasteiger charge is 2.23. The highest BCUT2D eigenvalue weighted by atomic mass is 19.1. The van der Waals surface area contributed by atoms with Gasteiger partial charge in [0.25, 0.3) is 0 Å². The first kappa shape index (κ1) is 14.4. The summed E-state index contributed by atoms with van der Waals surface area (Å²) in [5.74, 6) is 4.74. The molecule has 0 fully saturated rings. The molecule has 1 unspecified atom stereocenters. The average molecular weight is 278 g/mol. The van der Waals surface area contributed by atoms with Crippen LogP contribution in [0.1, 0.15) is 24.1 Å². The van der Waals surface area contributed by atoms with Gasteiger partial charge in [0, 0.05) is 11.1 Å². The fourth-order valence-corrected chi connectivity index (χ4v) is 2.12. The zero-order valence-electron chi connectivity index (χ0n) is 11.1. The highest BCUT2D eigenvalue weighted by Crippen LogP contribution is 2.32. The van der Waals surface area contributed by atoms with Crippen molar-refractivity contribution in [3.8, 4) is 5.75 Å². The Balaban J connectivity index is 2.53. The van der Waals surface area contributed by atoms with Gasteiger partial charge in [-0.3, -0.25) is 5.84 Å². The summed E-state index contributed by atoms with van der Waals surface area (Å²) in [5, 5.41) is 0.